The van der Waals surface area contributed by atoms with Crippen LogP contribution in [0.25, 0.3) is 0 Å². The summed E-state index contributed by atoms with van der Waals surface area (Å²) < 4.78 is 0. The minimum Gasteiger partial charge on any atom is -0.269 e. The topological polar surface area (TPSA) is 0 Å². The van der Waals surface area contributed by atoms with E-state index in [-0.39, 0.29) is 133 Å². The summed E-state index contributed by atoms with van der Waals surface area (Å²) >= 11 is 0. The molecule has 0 aliphatic rings. The summed E-state index contributed by atoms with van der Waals surface area (Å²) in [6.07, 6.45) is 0. The quantitative estimate of drug-likeness (QED) is 0.311. The van der Waals surface area contributed by atoms with Crippen LogP contribution in [-0.2, 0) is 0 Å². The van der Waals surface area contributed by atoms with Crippen LogP contribution in [-0.4, -0.2) is 37.7 Å². The molecule has 0 aliphatic heterocycles. The Kier molecular flexibility index (Phi) is 339. The van der Waals surface area contributed by atoms with E-state index in [9.17, 15) is 0 Å². The summed E-state index contributed by atoms with van der Waals surface area (Å²) in [4.78, 5) is 0. The van der Waals surface area contributed by atoms with Gasteiger partial charge in [-0.2, -0.15) is 0 Å². The van der Waals surface area contributed by atoms with Crippen LogP contribution in [0.15, 0.2) is 0 Å². The minimum atomic E-state index is 0. The van der Waals surface area contributed by atoms with E-state index in [0.717, 1.165) is 0 Å². The third kappa shape index (κ3) is 25.3. The van der Waals surface area contributed by atoms with Gasteiger partial charge in [-0.3, -0.25) is 14.1 Å². The molecule has 24 valence electrons. The first-order valence-corrected chi connectivity index (χ1v) is 0. The van der Waals surface area contributed by atoms with Crippen LogP contribution in [0, 0.1) is 0 Å². The molecule has 0 N–H and O–H groups in total. The zero-order chi connectivity index (χ0) is 0. The van der Waals surface area contributed by atoms with Crippen LogP contribution in [0.5, 0.6) is 0 Å². The van der Waals surface area contributed by atoms with Crippen molar-refractivity contribution in [3.8, 4) is 0 Å². The number of hydrogen-bond donors (Lipinski definition) is 0. The minimum absolute atomic E-state index is 0. The van der Waals surface area contributed by atoms with E-state index in [0.29, 0.717) is 0 Å². The molecule has 0 atom stereocenters. The first-order chi connectivity index (χ1) is 0. The molecule has 0 heterocycles. The van der Waals surface area contributed by atoms with Crippen molar-refractivity contribution in [2.24, 2.45) is 0 Å². The van der Waals surface area contributed by atoms with Crippen LogP contribution in [0.1, 0.15) is 0 Å². The zero-order valence-electron chi connectivity index (χ0n) is 3.93. The maximum absolute atomic E-state index is 0. The number of rotatable bonds is 0. The zero-order valence-corrected chi connectivity index (χ0v) is 11.3. The van der Waals surface area contributed by atoms with Crippen LogP contribution in [0.4, 0.5) is 14.1 Å². The van der Waals surface area contributed by atoms with E-state index < -0.39 is 0 Å². The molecule has 6 heteroatoms. The van der Waals surface area contributed by atoms with Gasteiger partial charge in [-0.25, -0.2) is 0 Å². The van der Waals surface area contributed by atoms with Gasteiger partial charge in [0.05, 0.1) is 0 Å². The number of halogens is 3. The van der Waals surface area contributed by atoms with Crippen molar-refractivity contribution in [1.82, 2.24) is 0 Å². The van der Waals surface area contributed by atoms with Crippen molar-refractivity contribution >= 4 is 37.7 Å². The SMILES string of the molecule is F.F.F.[Ca+2].[K+].[Na+]. The molecule has 0 saturated carbocycles. The van der Waals surface area contributed by atoms with E-state index in [1.165, 1.54) is 0 Å². The average Bonchev–Trinajstić information content (AvgIpc) is 0. The molecule has 0 aromatic heterocycles. The van der Waals surface area contributed by atoms with Gasteiger partial charge < -0.3 is 0 Å². The molecule has 0 aromatic carbocycles. The molecule has 0 fully saturated rings. The molecule has 0 aromatic rings. The molecule has 0 rings (SSSR count). The Labute approximate surface area is 129 Å². The summed E-state index contributed by atoms with van der Waals surface area (Å²) in [6.45, 7) is 0. The third-order valence-electron chi connectivity index (χ3n) is 0. The molecular formula is H3CaF3KNa+4. The summed E-state index contributed by atoms with van der Waals surface area (Å²) in [5, 5.41) is 0. The molecule has 0 amide bonds. The Bertz CT molecular complexity index is 10.8. The summed E-state index contributed by atoms with van der Waals surface area (Å²) in [7, 11) is 0. The second-order valence-electron chi connectivity index (χ2n) is 0. The molecular weight excluding hydrogens is 159 g/mol. The molecule has 0 bridgehead atoms. The predicted octanol–water partition coefficient (Wildman–Crippen LogP) is -5.92. The molecule has 0 unspecified atom stereocenters. The van der Waals surface area contributed by atoms with Gasteiger partial charge in [0.1, 0.15) is 0 Å². The largest absolute Gasteiger partial charge is 2.00 e. The maximum Gasteiger partial charge on any atom is 2.00 e. The average molecular weight is 162 g/mol. The molecule has 0 spiro atoms. The smallest absolute Gasteiger partial charge is 0.269 e. The van der Waals surface area contributed by atoms with E-state index in [1.54, 1.807) is 0 Å². The van der Waals surface area contributed by atoms with Crippen LogP contribution < -0.4 is 80.9 Å². The van der Waals surface area contributed by atoms with Crippen LogP contribution in [0.3, 0.4) is 0 Å². The Morgan fingerprint density at radius 1 is 0.667 bits per heavy atom. The van der Waals surface area contributed by atoms with Crippen molar-refractivity contribution in [3.63, 3.8) is 0 Å². The Hall–Kier alpha value is 3.69. The fourth-order valence-corrected chi connectivity index (χ4v) is 0. The van der Waals surface area contributed by atoms with Gasteiger partial charge in [0, 0.05) is 0 Å². The Morgan fingerprint density at radius 3 is 0.667 bits per heavy atom. The normalized spacial score (nSPS) is 0. The van der Waals surface area contributed by atoms with Gasteiger partial charge in [0.25, 0.3) is 0 Å². The van der Waals surface area contributed by atoms with Gasteiger partial charge in [-0.05, 0) is 0 Å². The van der Waals surface area contributed by atoms with E-state index in [1.807, 2.05) is 0 Å². The standard InChI is InChI=1S/Ca.3FH.K.Na/h;3*1H;;/q+2;;;;2*+1. The molecule has 6 heavy (non-hydrogen) atoms. The van der Waals surface area contributed by atoms with Gasteiger partial charge in [0.15, 0.2) is 0 Å². The fourth-order valence-electron chi connectivity index (χ4n) is 0. The summed E-state index contributed by atoms with van der Waals surface area (Å²) in [5.74, 6) is 0. The molecule has 0 saturated heterocycles. The van der Waals surface area contributed by atoms with Crippen molar-refractivity contribution in [2.75, 3.05) is 0 Å². The van der Waals surface area contributed by atoms with Crippen molar-refractivity contribution in [3.05, 3.63) is 0 Å². The molecule has 0 radical (unpaired) electrons. The van der Waals surface area contributed by atoms with Crippen molar-refractivity contribution in [1.29, 1.82) is 0 Å². The van der Waals surface area contributed by atoms with E-state index in [4.69, 9.17) is 0 Å². The fraction of sp³-hybridized carbons (Fsp3) is 0. The summed E-state index contributed by atoms with van der Waals surface area (Å²) in [6, 6.07) is 0. The first kappa shape index (κ1) is 53.8. The first-order valence-electron chi connectivity index (χ1n) is 0. The van der Waals surface area contributed by atoms with Crippen molar-refractivity contribution < 1.29 is 95.1 Å². The monoisotopic (exact) mass is 162 g/mol. The van der Waals surface area contributed by atoms with Gasteiger partial charge in [-0.15, -0.1) is 0 Å². The van der Waals surface area contributed by atoms with E-state index in [2.05, 4.69) is 0 Å². The third-order valence-corrected chi connectivity index (χ3v) is 0. The Morgan fingerprint density at radius 2 is 0.667 bits per heavy atom. The van der Waals surface area contributed by atoms with Gasteiger partial charge in [0.2, 0.25) is 0 Å². The second-order valence-corrected chi connectivity index (χ2v) is 0. The van der Waals surface area contributed by atoms with Crippen LogP contribution >= 0.6 is 0 Å². The van der Waals surface area contributed by atoms with Gasteiger partial charge in [-0.1, -0.05) is 0 Å². The number of hydrogen-bond acceptors (Lipinski definition) is 0. The predicted molar refractivity (Wildman–Crippen MR) is 13.3 cm³/mol. The second kappa shape index (κ2) is 37.8. The summed E-state index contributed by atoms with van der Waals surface area (Å²) in [5.41, 5.74) is 0. The molecule has 0 aliphatic carbocycles. The van der Waals surface area contributed by atoms with Gasteiger partial charge >= 0.3 is 119 Å². The maximum atomic E-state index is 0. The van der Waals surface area contributed by atoms with E-state index >= 15 is 0 Å². The molecule has 0 nitrogen and oxygen atoms in total. The van der Waals surface area contributed by atoms with Crippen molar-refractivity contribution in [2.45, 2.75) is 0 Å². The Balaban J connectivity index is 0. The van der Waals surface area contributed by atoms with Crippen LogP contribution in [0.2, 0.25) is 0 Å².